The van der Waals surface area contributed by atoms with Crippen molar-refractivity contribution in [2.24, 2.45) is 0 Å². The lowest BCUT2D eigenvalue weighted by Crippen LogP contribution is -2.23. The summed E-state index contributed by atoms with van der Waals surface area (Å²) in [4.78, 5) is 34.4. The highest BCUT2D eigenvalue weighted by Gasteiger charge is 2.15. The minimum Gasteiger partial charge on any atom is -0.478 e. The molecule has 0 unspecified atom stereocenters. The maximum absolute atomic E-state index is 12.0. The van der Waals surface area contributed by atoms with E-state index in [1.807, 2.05) is 20.8 Å². The van der Waals surface area contributed by atoms with Crippen LogP contribution < -0.4 is 5.32 Å². The Morgan fingerprint density at radius 3 is 1.62 bits per heavy atom. The number of esters is 1. The molecule has 1 amide bonds. The summed E-state index contributed by atoms with van der Waals surface area (Å²) in [6, 6.07) is 6.57. The Morgan fingerprint density at radius 2 is 1.18 bits per heavy atom. The van der Waals surface area contributed by atoms with Crippen LogP contribution >= 0.6 is 0 Å². The molecule has 1 aromatic rings. The molecule has 0 bridgehead atoms. The zero-order chi connectivity index (χ0) is 25.2. The number of aromatic carboxylic acids is 1. The van der Waals surface area contributed by atoms with Crippen LogP contribution in [0.4, 0.5) is 0 Å². The third kappa shape index (κ3) is 16.3. The first-order valence-corrected chi connectivity index (χ1v) is 13.0. The lowest BCUT2D eigenvalue weighted by molar-refractivity contribution is -0.154. The van der Waals surface area contributed by atoms with Crippen LogP contribution in [0.15, 0.2) is 24.3 Å². The van der Waals surface area contributed by atoms with Gasteiger partial charge in [0.1, 0.15) is 5.60 Å². The van der Waals surface area contributed by atoms with Gasteiger partial charge in [0.2, 0.25) is 5.91 Å². The number of ether oxygens (including phenoxy) is 1. The number of hydrogen-bond acceptors (Lipinski definition) is 4. The quantitative estimate of drug-likeness (QED) is 0.180. The highest BCUT2D eigenvalue weighted by molar-refractivity contribution is 5.87. The zero-order valence-electron chi connectivity index (χ0n) is 21.5. The Morgan fingerprint density at radius 1 is 0.735 bits per heavy atom. The number of benzene rings is 1. The van der Waals surface area contributed by atoms with Gasteiger partial charge in [-0.1, -0.05) is 76.3 Å². The molecule has 6 heteroatoms. The van der Waals surface area contributed by atoms with E-state index in [0.717, 1.165) is 31.2 Å². The average molecular weight is 476 g/mol. The zero-order valence-corrected chi connectivity index (χ0v) is 21.5. The Hall–Kier alpha value is -2.37. The fourth-order valence-corrected chi connectivity index (χ4v) is 3.77. The molecule has 0 radical (unpaired) electrons. The predicted molar refractivity (Wildman–Crippen MR) is 136 cm³/mol. The molecule has 192 valence electrons. The van der Waals surface area contributed by atoms with Gasteiger partial charge < -0.3 is 15.2 Å². The first-order valence-electron chi connectivity index (χ1n) is 13.0. The maximum atomic E-state index is 12.0. The highest BCUT2D eigenvalue weighted by atomic mass is 16.6. The van der Waals surface area contributed by atoms with Crippen LogP contribution in [0, 0.1) is 0 Å². The van der Waals surface area contributed by atoms with Crippen molar-refractivity contribution >= 4 is 17.8 Å². The van der Waals surface area contributed by atoms with Gasteiger partial charge in [-0.2, -0.15) is 0 Å². The number of carboxylic acid groups (broad SMARTS) is 1. The van der Waals surface area contributed by atoms with Gasteiger partial charge in [0.05, 0.1) is 5.56 Å². The molecule has 0 fully saturated rings. The Bertz CT molecular complexity index is 721. The summed E-state index contributed by atoms with van der Waals surface area (Å²) in [6.07, 6.45) is 15.0. The molecule has 34 heavy (non-hydrogen) atoms. The summed E-state index contributed by atoms with van der Waals surface area (Å²) in [7, 11) is 0. The number of carbonyl (C=O) groups is 3. The molecular formula is C28H45NO5. The van der Waals surface area contributed by atoms with Crippen LogP contribution in [-0.4, -0.2) is 28.6 Å². The minimum atomic E-state index is -0.945. The van der Waals surface area contributed by atoms with Crippen LogP contribution in [0.1, 0.15) is 127 Å². The highest BCUT2D eigenvalue weighted by Crippen LogP contribution is 2.14. The fourth-order valence-electron chi connectivity index (χ4n) is 3.77. The SMILES string of the molecule is CC(C)(C)OC(=O)CCCCCCCCCCCCCCC(=O)NCc1ccc(C(=O)O)cc1. The third-order valence-electron chi connectivity index (χ3n) is 5.65. The van der Waals surface area contributed by atoms with Gasteiger partial charge in [-0.25, -0.2) is 4.79 Å². The van der Waals surface area contributed by atoms with Crippen LogP contribution in [0.3, 0.4) is 0 Å². The van der Waals surface area contributed by atoms with Crippen LogP contribution in [0.2, 0.25) is 0 Å². The second kappa shape index (κ2) is 17.1. The first kappa shape index (κ1) is 29.7. The van der Waals surface area contributed by atoms with Gasteiger partial charge >= 0.3 is 11.9 Å². The van der Waals surface area contributed by atoms with Crippen molar-refractivity contribution in [2.75, 3.05) is 0 Å². The molecule has 0 aliphatic rings. The van der Waals surface area contributed by atoms with E-state index >= 15 is 0 Å². The van der Waals surface area contributed by atoms with E-state index in [4.69, 9.17) is 9.84 Å². The second-order valence-electron chi connectivity index (χ2n) is 10.1. The lowest BCUT2D eigenvalue weighted by atomic mass is 10.0. The van der Waals surface area contributed by atoms with Gasteiger partial charge in [0.15, 0.2) is 0 Å². The Balaban J connectivity index is 1.86. The molecule has 2 N–H and O–H groups in total. The van der Waals surface area contributed by atoms with E-state index in [2.05, 4.69) is 5.32 Å². The maximum Gasteiger partial charge on any atom is 0.335 e. The van der Waals surface area contributed by atoms with Crippen molar-refractivity contribution in [3.63, 3.8) is 0 Å². The third-order valence-corrected chi connectivity index (χ3v) is 5.65. The van der Waals surface area contributed by atoms with Crippen molar-refractivity contribution in [3.05, 3.63) is 35.4 Å². The molecule has 0 spiro atoms. The Labute approximate surface area is 205 Å². The summed E-state index contributed by atoms with van der Waals surface area (Å²) in [6.45, 7) is 6.14. The average Bonchev–Trinajstić information content (AvgIpc) is 2.77. The van der Waals surface area contributed by atoms with Gasteiger partial charge in [-0.3, -0.25) is 9.59 Å². The van der Waals surface area contributed by atoms with Crippen LogP contribution in [0.5, 0.6) is 0 Å². The Kier molecular flexibility index (Phi) is 14.9. The standard InChI is InChI=1S/C28H45NO5/c1-28(2,3)34-26(31)17-15-13-11-9-7-5-4-6-8-10-12-14-16-25(30)29-22-23-18-20-24(21-19-23)27(32)33/h18-21H,4-17,22H2,1-3H3,(H,29,30)(H,32,33). The smallest absolute Gasteiger partial charge is 0.335 e. The molecule has 0 heterocycles. The van der Waals surface area contributed by atoms with Gasteiger partial charge in [-0.15, -0.1) is 0 Å². The topological polar surface area (TPSA) is 92.7 Å². The van der Waals surface area contributed by atoms with E-state index in [1.54, 1.807) is 24.3 Å². The number of amides is 1. The molecule has 0 atom stereocenters. The van der Waals surface area contributed by atoms with E-state index in [1.165, 1.54) is 51.4 Å². The predicted octanol–water partition coefficient (Wildman–Crippen LogP) is 6.80. The fraction of sp³-hybridized carbons (Fsp3) is 0.679. The second-order valence-corrected chi connectivity index (χ2v) is 10.1. The molecule has 0 aromatic heterocycles. The largest absolute Gasteiger partial charge is 0.478 e. The minimum absolute atomic E-state index is 0.0494. The van der Waals surface area contributed by atoms with Crippen molar-refractivity contribution in [1.29, 1.82) is 0 Å². The van der Waals surface area contributed by atoms with Crippen molar-refractivity contribution < 1.29 is 24.2 Å². The number of hydrogen-bond donors (Lipinski definition) is 2. The van der Waals surface area contributed by atoms with Crippen LogP contribution in [-0.2, 0) is 20.9 Å². The normalized spacial score (nSPS) is 11.3. The molecule has 6 nitrogen and oxygen atoms in total. The monoisotopic (exact) mass is 475 g/mol. The van der Waals surface area contributed by atoms with E-state index < -0.39 is 5.97 Å². The number of unbranched alkanes of at least 4 members (excludes halogenated alkanes) is 11. The van der Waals surface area contributed by atoms with Crippen molar-refractivity contribution in [3.8, 4) is 0 Å². The number of rotatable bonds is 18. The lowest BCUT2D eigenvalue weighted by Gasteiger charge is -2.19. The van der Waals surface area contributed by atoms with Crippen LogP contribution in [0.25, 0.3) is 0 Å². The van der Waals surface area contributed by atoms with E-state index in [9.17, 15) is 14.4 Å². The van der Waals surface area contributed by atoms with Crippen molar-refractivity contribution in [2.45, 2.75) is 123 Å². The number of carboxylic acids is 1. The molecule has 0 aliphatic carbocycles. The molecule has 0 saturated carbocycles. The summed E-state index contributed by atoms with van der Waals surface area (Å²) in [5, 5.41) is 11.8. The van der Waals surface area contributed by atoms with E-state index in [-0.39, 0.29) is 23.0 Å². The van der Waals surface area contributed by atoms with E-state index in [0.29, 0.717) is 19.4 Å². The summed E-state index contributed by atoms with van der Waals surface area (Å²) < 4.78 is 5.32. The summed E-state index contributed by atoms with van der Waals surface area (Å²) in [5.74, 6) is -0.981. The van der Waals surface area contributed by atoms with Gasteiger partial charge in [0.25, 0.3) is 0 Å². The summed E-state index contributed by atoms with van der Waals surface area (Å²) >= 11 is 0. The molecular weight excluding hydrogens is 430 g/mol. The molecule has 0 aliphatic heterocycles. The van der Waals surface area contributed by atoms with Gasteiger partial charge in [0, 0.05) is 19.4 Å². The number of carbonyl (C=O) groups excluding carboxylic acids is 2. The number of nitrogens with one attached hydrogen (secondary N) is 1. The molecule has 0 saturated heterocycles. The van der Waals surface area contributed by atoms with Crippen molar-refractivity contribution in [1.82, 2.24) is 5.32 Å². The first-order chi connectivity index (χ1) is 16.2. The molecule has 1 aromatic carbocycles. The molecule has 1 rings (SSSR count). The summed E-state index contributed by atoms with van der Waals surface area (Å²) in [5.41, 5.74) is 0.772. The van der Waals surface area contributed by atoms with Gasteiger partial charge in [-0.05, 0) is 51.3 Å².